The van der Waals surface area contributed by atoms with Gasteiger partial charge in [-0.15, -0.1) is 11.3 Å². The summed E-state index contributed by atoms with van der Waals surface area (Å²) in [6.45, 7) is 2.52. The topological polar surface area (TPSA) is 64.0 Å². The third-order valence-corrected chi connectivity index (χ3v) is 5.33. The number of rotatable bonds is 6. The molecule has 0 saturated heterocycles. The maximum atomic E-state index is 13.6. The van der Waals surface area contributed by atoms with Gasteiger partial charge in [-0.1, -0.05) is 30.8 Å². The van der Waals surface area contributed by atoms with Gasteiger partial charge in [-0.05, 0) is 30.0 Å². The Hall–Kier alpha value is -2.19. The van der Waals surface area contributed by atoms with Gasteiger partial charge in [0.1, 0.15) is 10.5 Å². The number of halogens is 1. The second-order valence-electron chi connectivity index (χ2n) is 5.30. The van der Waals surface area contributed by atoms with Crippen LogP contribution in [0.5, 0.6) is 0 Å². The van der Waals surface area contributed by atoms with Gasteiger partial charge in [-0.3, -0.25) is 14.2 Å². The number of fused-ring (bicyclic) bond motifs is 1. The van der Waals surface area contributed by atoms with Crippen LogP contribution in [0.3, 0.4) is 0 Å². The van der Waals surface area contributed by atoms with Gasteiger partial charge in [0.2, 0.25) is 5.91 Å². The van der Waals surface area contributed by atoms with Crippen LogP contribution >= 0.6 is 23.1 Å². The van der Waals surface area contributed by atoms with Crippen LogP contribution in [0.1, 0.15) is 13.3 Å². The van der Waals surface area contributed by atoms with Gasteiger partial charge in [0.25, 0.3) is 5.56 Å². The highest BCUT2D eigenvalue weighted by Gasteiger charge is 2.14. The monoisotopic (exact) mass is 377 g/mol. The maximum absolute atomic E-state index is 13.6. The van der Waals surface area contributed by atoms with Crippen LogP contribution in [0.2, 0.25) is 0 Å². The number of benzene rings is 1. The van der Waals surface area contributed by atoms with E-state index < -0.39 is 5.82 Å². The molecule has 0 bridgehead atoms. The third kappa shape index (κ3) is 3.91. The summed E-state index contributed by atoms with van der Waals surface area (Å²) < 4.78 is 15.8. The molecule has 0 spiro atoms. The number of para-hydroxylation sites is 1. The standard InChI is InChI=1S/C17H16FN3O2S2/c1-2-8-21-16(23)15-13(7-9-24-15)20-17(21)25-10-14(22)19-12-6-4-3-5-11(12)18/h3-7,9H,2,8,10H2,1H3,(H,19,22). The normalized spacial score (nSPS) is 11.0. The Morgan fingerprint density at radius 2 is 2.16 bits per heavy atom. The van der Waals surface area contributed by atoms with E-state index in [1.807, 2.05) is 12.3 Å². The third-order valence-electron chi connectivity index (χ3n) is 3.46. The number of aromatic nitrogens is 2. The van der Waals surface area contributed by atoms with Crippen molar-refractivity contribution in [3.05, 3.63) is 51.9 Å². The number of thioether (sulfide) groups is 1. The van der Waals surface area contributed by atoms with Gasteiger partial charge >= 0.3 is 0 Å². The quantitative estimate of drug-likeness (QED) is 0.525. The van der Waals surface area contributed by atoms with E-state index in [1.165, 1.54) is 35.2 Å². The average Bonchev–Trinajstić information content (AvgIpc) is 3.07. The van der Waals surface area contributed by atoms with Crippen molar-refractivity contribution in [3.63, 3.8) is 0 Å². The van der Waals surface area contributed by atoms with Crippen molar-refractivity contribution in [2.24, 2.45) is 0 Å². The van der Waals surface area contributed by atoms with Gasteiger partial charge in [0.15, 0.2) is 5.16 Å². The fourth-order valence-corrected chi connectivity index (χ4v) is 3.94. The van der Waals surface area contributed by atoms with Crippen molar-refractivity contribution in [1.29, 1.82) is 0 Å². The molecule has 3 rings (SSSR count). The van der Waals surface area contributed by atoms with Crippen LogP contribution in [0, 0.1) is 5.82 Å². The highest BCUT2D eigenvalue weighted by atomic mass is 32.2. The minimum absolute atomic E-state index is 0.0418. The number of carbonyl (C=O) groups excluding carboxylic acids is 1. The summed E-state index contributed by atoms with van der Waals surface area (Å²) in [6.07, 6.45) is 0.785. The number of carbonyl (C=O) groups is 1. The highest BCUT2D eigenvalue weighted by molar-refractivity contribution is 7.99. The number of amides is 1. The van der Waals surface area contributed by atoms with Crippen LogP contribution in [0.15, 0.2) is 45.7 Å². The molecule has 0 fully saturated rings. The minimum Gasteiger partial charge on any atom is -0.323 e. The van der Waals surface area contributed by atoms with Crippen molar-refractivity contribution in [1.82, 2.24) is 9.55 Å². The SMILES string of the molecule is CCCn1c(SCC(=O)Nc2ccccc2F)nc2ccsc2c1=O. The van der Waals surface area contributed by atoms with Gasteiger partial charge in [-0.25, -0.2) is 9.37 Å². The Morgan fingerprint density at radius 1 is 1.36 bits per heavy atom. The first-order chi connectivity index (χ1) is 12.1. The molecule has 0 unspecified atom stereocenters. The Balaban J connectivity index is 1.78. The summed E-state index contributed by atoms with van der Waals surface area (Å²) in [7, 11) is 0. The van der Waals surface area contributed by atoms with Crippen molar-refractivity contribution in [2.45, 2.75) is 25.0 Å². The molecule has 0 aliphatic rings. The molecule has 2 heterocycles. The zero-order valence-electron chi connectivity index (χ0n) is 13.5. The van der Waals surface area contributed by atoms with Crippen LogP contribution in [-0.2, 0) is 11.3 Å². The molecule has 1 N–H and O–H groups in total. The molecule has 0 atom stereocenters. The lowest BCUT2D eigenvalue weighted by Gasteiger charge is -2.11. The van der Waals surface area contributed by atoms with E-state index in [9.17, 15) is 14.0 Å². The molecule has 130 valence electrons. The number of nitrogens with zero attached hydrogens (tertiary/aromatic N) is 2. The van der Waals surface area contributed by atoms with Crippen LogP contribution in [-0.4, -0.2) is 21.2 Å². The van der Waals surface area contributed by atoms with E-state index >= 15 is 0 Å². The van der Waals surface area contributed by atoms with E-state index in [0.717, 1.165) is 6.42 Å². The van der Waals surface area contributed by atoms with Crippen molar-refractivity contribution >= 4 is 44.9 Å². The van der Waals surface area contributed by atoms with Gasteiger partial charge in [0.05, 0.1) is 17.0 Å². The molecular formula is C17H16FN3O2S2. The summed E-state index contributed by atoms with van der Waals surface area (Å²) in [5, 5.41) is 4.86. The molecule has 0 radical (unpaired) electrons. The zero-order chi connectivity index (χ0) is 17.8. The van der Waals surface area contributed by atoms with Crippen molar-refractivity contribution < 1.29 is 9.18 Å². The first-order valence-electron chi connectivity index (χ1n) is 7.75. The first-order valence-corrected chi connectivity index (χ1v) is 9.62. The van der Waals surface area contributed by atoms with Crippen LogP contribution < -0.4 is 10.9 Å². The first kappa shape index (κ1) is 17.6. The van der Waals surface area contributed by atoms with E-state index in [1.54, 1.807) is 22.8 Å². The number of thiophene rings is 1. The summed E-state index contributed by atoms with van der Waals surface area (Å²) in [5.74, 6) is -0.792. The lowest BCUT2D eigenvalue weighted by atomic mass is 10.3. The number of hydrogen-bond donors (Lipinski definition) is 1. The highest BCUT2D eigenvalue weighted by Crippen LogP contribution is 2.21. The van der Waals surface area contributed by atoms with Crippen LogP contribution in [0.4, 0.5) is 10.1 Å². The maximum Gasteiger partial charge on any atom is 0.272 e. The number of hydrogen-bond acceptors (Lipinski definition) is 5. The fraction of sp³-hybridized carbons (Fsp3) is 0.235. The Labute approximate surface area is 151 Å². The van der Waals surface area contributed by atoms with E-state index in [-0.39, 0.29) is 22.9 Å². The molecular weight excluding hydrogens is 361 g/mol. The molecule has 2 aromatic heterocycles. The number of anilines is 1. The Kier molecular flexibility index (Phi) is 5.50. The summed E-state index contributed by atoms with van der Waals surface area (Å²) in [6, 6.07) is 7.79. The largest absolute Gasteiger partial charge is 0.323 e. The van der Waals surface area contributed by atoms with Gasteiger partial charge < -0.3 is 5.32 Å². The zero-order valence-corrected chi connectivity index (χ0v) is 15.1. The van der Waals surface area contributed by atoms with E-state index in [4.69, 9.17) is 0 Å². The molecule has 8 heteroatoms. The lowest BCUT2D eigenvalue weighted by molar-refractivity contribution is -0.113. The number of nitrogens with one attached hydrogen (secondary N) is 1. The molecule has 1 aromatic carbocycles. The van der Waals surface area contributed by atoms with Crippen molar-refractivity contribution in [2.75, 3.05) is 11.1 Å². The smallest absolute Gasteiger partial charge is 0.272 e. The Morgan fingerprint density at radius 3 is 2.92 bits per heavy atom. The van der Waals surface area contributed by atoms with Gasteiger partial charge in [0, 0.05) is 6.54 Å². The summed E-state index contributed by atoms with van der Waals surface area (Å²) >= 11 is 2.54. The predicted octanol–water partition coefficient (Wildman–Crippen LogP) is 3.74. The van der Waals surface area contributed by atoms with Gasteiger partial charge in [-0.2, -0.15) is 0 Å². The van der Waals surface area contributed by atoms with Crippen LogP contribution in [0.25, 0.3) is 10.2 Å². The molecule has 1 amide bonds. The molecule has 0 saturated carbocycles. The second-order valence-corrected chi connectivity index (χ2v) is 7.16. The van der Waals surface area contributed by atoms with E-state index in [2.05, 4.69) is 10.3 Å². The van der Waals surface area contributed by atoms with Crippen molar-refractivity contribution in [3.8, 4) is 0 Å². The summed E-state index contributed by atoms with van der Waals surface area (Å²) in [4.78, 5) is 29.1. The molecule has 5 nitrogen and oxygen atoms in total. The minimum atomic E-state index is -0.485. The molecule has 0 aliphatic carbocycles. The van der Waals surface area contributed by atoms with E-state index in [0.29, 0.717) is 21.9 Å². The molecule has 0 aliphatic heterocycles. The second kappa shape index (κ2) is 7.79. The summed E-state index contributed by atoms with van der Waals surface area (Å²) in [5.41, 5.74) is 0.693. The fourth-order valence-electron chi connectivity index (χ4n) is 2.33. The lowest BCUT2D eigenvalue weighted by Crippen LogP contribution is -2.23. The molecule has 25 heavy (non-hydrogen) atoms. The predicted molar refractivity (Wildman–Crippen MR) is 99.9 cm³/mol. The average molecular weight is 377 g/mol. The molecule has 3 aromatic rings. The Bertz CT molecular complexity index is 968.